The molecule has 0 spiro atoms. The van der Waals surface area contributed by atoms with E-state index in [9.17, 15) is 14.9 Å². The third-order valence-corrected chi connectivity index (χ3v) is 2.50. The SMILES string of the molecule is CC(OC(=O)OCC[C@H](C)O[N+](=O)[O-])C(C)(C)C. The molecule has 0 aliphatic carbocycles. The van der Waals surface area contributed by atoms with Crippen molar-refractivity contribution in [2.24, 2.45) is 5.41 Å². The number of ether oxygens (including phenoxy) is 2. The van der Waals surface area contributed by atoms with E-state index in [4.69, 9.17) is 9.47 Å². The lowest BCUT2D eigenvalue weighted by Crippen LogP contribution is -2.29. The van der Waals surface area contributed by atoms with Gasteiger partial charge in [-0.2, -0.15) is 0 Å². The van der Waals surface area contributed by atoms with Crippen molar-refractivity contribution < 1.29 is 24.2 Å². The van der Waals surface area contributed by atoms with Gasteiger partial charge < -0.3 is 14.3 Å². The standard InChI is InChI=1S/C11H21NO6/c1-8(18-12(14)15)6-7-16-10(13)17-9(2)11(3,4)5/h8-9H,6-7H2,1-5H3/t8-,9?/m0/s1. The summed E-state index contributed by atoms with van der Waals surface area (Å²) in [6.07, 6.45) is -1.43. The smallest absolute Gasteiger partial charge is 0.434 e. The van der Waals surface area contributed by atoms with Crippen LogP contribution in [0.2, 0.25) is 0 Å². The lowest BCUT2D eigenvalue weighted by Gasteiger charge is -2.26. The van der Waals surface area contributed by atoms with E-state index in [1.165, 1.54) is 6.92 Å². The normalized spacial score (nSPS) is 14.5. The molecule has 0 heterocycles. The second kappa shape index (κ2) is 7.03. The van der Waals surface area contributed by atoms with Crippen molar-refractivity contribution >= 4 is 6.16 Å². The highest BCUT2D eigenvalue weighted by Crippen LogP contribution is 2.21. The molecule has 106 valence electrons. The van der Waals surface area contributed by atoms with Crippen LogP contribution in [0.5, 0.6) is 0 Å². The van der Waals surface area contributed by atoms with Gasteiger partial charge in [-0.25, -0.2) is 4.79 Å². The predicted octanol–water partition coefficient (Wildman–Crippen LogP) is 2.56. The summed E-state index contributed by atoms with van der Waals surface area (Å²) in [5.74, 6) is 0. The highest BCUT2D eigenvalue weighted by atomic mass is 17.0. The van der Waals surface area contributed by atoms with Crippen LogP contribution in [0.3, 0.4) is 0 Å². The van der Waals surface area contributed by atoms with Crippen LogP contribution in [0.4, 0.5) is 4.79 Å². The van der Waals surface area contributed by atoms with E-state index in [1.807, 2.05) is 20.8 Å². The minimum Gasteiger partial charge on any atom is -0.434 e. The molecule has 0 radical (unpaired) electrons. The van der Waals surface area contributed by atoms with Crippen LogP contribution < -0.4 is 0 Å². The number of rotatable bonds is 6. The molecular formula is C11H21NO6. The number of hydrogen-bond acceptors (Lipinski definition) is 6. The number of carbonyl (C=O) groups is 1. The molecule has 0 fully saturated rings. The summed E-state index contributed by atoms with van der Waals surface area (Å²) < 4.78 is 9.84. The molecule has 0 aromatic carbocycles. The molecule has 1 unspecified atom stereocenters. The second-order valence-electron chi connectivity index (χ2n) is 5.15. The molecule has 0 aromatic rings. The van der Waals surface area contributed by atoms with Crippen molar-refractivity contribution in [3.63, 3.8) is 0 Å². The van der Waals surface area contributed by atoms with Crippen molar-refractivity contribution in [2.75, 3.05) is 6.61 Å². The maximum absolute atomic E-state index is 11.3. The maximum Gasteiger partial charge on any atom is 0.508 e. The molecule has 0 aliphatic rings. The third-order valence-electron chi connectivity index (χ3n) is 2.50. The Morgan fingerprint density at radius 3 is 2.33 bits per heavy atom. The van der Waals surface area contributed by atoms with Gasteiger partial charge in [0, 0.05) is 6.42 Å². The molecule has 0 amide bonds. The van der Waals surface area contributed by atoms with Gasteiger partial charge in [-0.1, -0.05) is 20.8 Å². The average Bonchev–Trinajstić information content (AvgIpc) is 2.14. The number of nitrogens with zero attached hydrogens (tertiary/aromatic N) is 1. The first-order valence-electron chi connectivity index (χ1n) is 5.77. The highest BCUT2D eigenvalue weighted by molar-refractivity contribution is 5.60. The van der Waals surface area contributed by atoms with E-state index < -0.39 is 17.3 Å². The summed E-state index contributed by atoms with van der Waals surface area (Å²) in [5, 5.41) is 9.14. The first-order chi connectivity index (χ1) is 8.12. The van der Waals surface area contributed by atoms with Gasteiger partial charge in [0.1, 0.15) is 12.2 Å². The van der Waals surface area contributed by atoms with E-state index in [0.29, 0.717) is 0 Å². The zero-order valence-corrected chi connectivity index (χ0v) is 11.5. The monoisotopic (exact) mass is 263 g/mol. The Morgan fingerprint density at radius 1 is 1.33 bits per heavy atom. The molecule has 0 N–H and O–H groups in total. The molecule has 0 saturated heterocycles. The summed E-state index contributed by atoms with van der Waals surface area (Å²) in [6.45, 7) is 9.15. The molecule has 0 aliphatic heterocycles. The summed E-state index contributed by atoms with van der Waals surface area (Å²) in [4.78, 5) is 25.6. The molecule has 7 heteroatoms. The van der Waals surface area contributed by atoms with Crippen LogP contribution in [-0.4, -0.2) is 30.1 Å². The summed E-state index contributed by atoms with van der Waals surface area (Å²) in [7, 11) is 0. The van der Waals surface area contributed by atoms with Gasteiger partial charge in [-0.3, -0.25) is 0 Å². The first-order valence-corrected chi connectivity index (χ1v) is 5.77. The summed E-state index contributed by atoms with van der Waals surface area (Å²) in [6, 6.07) is 0. The van der Waals surface area contributed by atoms with Crippen molar-refractivity contribution in [3.8, 4) is 0 Å². The van der Waals surface area contributed by atoms with Gasteiger partial charge in [0.05, 0.1) is 6.61 Å². The highest BCUT2D eigenvalue weighted by Gasteiger charge is 2.24. The van der Waals surface area contributed by atoms with Crippen LogP contribution in [-0.2, 0) is 14.3 Å². The van der Waals surface area contributed by atoms with Crippen molar-refractivity contribution in [1.29, 1.82) is 0 Å². The van der Waals surface area contributed by atoms with E-state index in [0.717, 1.165) is 0 Å². The Kier molecular flexibility index (Phi) is 6.43. The van der Waals surface area contributed by atoms with Gasteiger partial charge in [-0.05, 0) is 19.3 Å². The van der Waals surface area contributed by atoms with Gasteiger partial charge in [0.2, 0.25) is 0 Å². The third kappa shape index (κ3) is 7.70. The molecule has 2 atom stereocenters. The van der Waals surface area contributed by atoms with Crippen LogP contribution in [0.1, 0.15) is 41.0 Å². The fourth-order valence-electron chi connectivity index (χ4n) is 0.863. The van der Waals surface area contributed by atoms with E-state index in [1.54, 1.807) is 6.92 Å². The molecule has 0 bridgehead atoms. The fourth-order valence-corrected chi connectivity index (χ4v) is 0.863. The Balaban J connectivity index is 3.81. The topological polar surface area (TPSA) is 87.9 Å². The zero-order valence-electron chi connectivity index (χ0n) is 11.5. The van der Waals surface area contributed by atoms with Gasteiger partial charge in [-0.15, -0.1) is 10.1 Å². The van der Waals surface area contributed by atoms with Crippen LogP contribution in [0.25, 0.3) is 0 Å². The van der Waals surface area contributed by atoms with Gasteiger partial charge in [0.25, 0.3) is 5.09 Å². The van der Waals surface area contributed by atoms with Gasteiger partial charge in [0.15, 0.2) is 0 Å². The molecule has 7 nitrogen and oxygen atoms in total. The maximum atomic E-state index is 11.3. The van der Waals surface area contributed by atoms with Crippen molar-refractivity contribution in [1.82, 2.24) is 0 Å². The first kappa shape index (κ1) is 16.5. The number of carbonyl (C=O) groups excluding carboxylic acids is 1. The van der Waals surface area contributed by atoms with E-state index >= 15 is 0 Å². The van der Waals surface area contributed by atoms with Crippen LogP contribution >= 0.6 is 0 Å². The quantitative estimate of drug-likeness (QED) is 0.415. The predicted molar refractivity (Wildman–Crippen MR) is 63.5 cm³/mol. The summed E-state index contributed by atoms with van der Waals surface area (Å²) >= 11 is 0. The largest absolute Gasteiger partial charge is 0.508 e. The molecule has 0 saturated carbocycles. The zero-order chi connectivity index (χ0) is 14.3. The van der Waals surface area contributed by atoms with Crippen LogP contribution in [0.15, 0.2) is 0 Å². The molecule has 0 rings (SSSR count). The fraction of sp³-hybridized carbons (Fsp3) is 0.909. The Morgan fingerprint density at radius 2 is 1.89 bits per heavy atom. The minimum absolute atomic E-state index is 0.0186. The lowest BCUT2D eigenvalue weighted by atomic mass is 9.90. The van der Waals surface area contributed by atoms with Crippen molar-refractivity contribution in [2.45, 2.75) is 53.2 Å². The van der Waals surface area contributed by atoms with Gasteiger partial charge >= 0.3 is 6.16 Å². The molecular weight excluding hydrogens is 242 g/mol. The molecule has 0 aromatic heterocycles. The Hall–Kier alpha value is -1.53. The Labute approximate surface area is 106 Å². The van der Waals surface area contributed by atoms with Crippen LogP contribution in [0, 0.1) is 15.5 Å². The number of hydrogen-bond donors (Lipinski definition) is 0. The Bertz CT molecular complexity index is 286. The van der Waals surface area contributed by atoms with E-state index in [-0.39, 0.29) is 24.5 Å². The average molecular weight is 263 g/mol. The molecule has 18 heavy (non-hydrogen) atoms. The summed E-state index contributed by atoms with van der Waals surface area (Å²) in [5.41, 5.74) is -0.166. The van der Waals surface area contributed by atoms with Crippen molar-refractivity contribution in [3.05, 3.63) is 10.1 Å². The lowest BCUT2D eigenvalue weighted by molar-refractivity contribution is -0.767. The van der Waals surface area contributed by atoms with E-state index in [2.05, 4.69) is 4.84 Å². The second-order valence-corrected chi connectivity index (χ2v) is 5.15. The minimum atomic E-state index is -0.870.